The third-order valence-corrected chi connectivity index (χ3v) is 3.63. The van der Waals surface area contributed by atoms with Crippen LogP contribution in [0, 0.1) is 5.82 Å². The minimum atomic E-state index is -3.74. The third-order valence-electron chi connectivity index (χ3n) is 2.39. The highest BCUT2D eigenvalue weighted by atomic mass is 32.2. The van der Waals surface area contributed by atoms with Crippen molar-refractivity contribution in [3.05, 3.63) is 48.0 Å². The second-order valence-corrected chi connectivity index (χ2v) is 5.63. The number of hydrogen-bond donors (Lipinski definition) is 1. The van der Waals surface area contributed by atoms with Crippen molar-refractivity contribution in [3.8, 4) is 6.01 Å². The molecule has 0 unspecified atom stereocenters. The average Bonchev–Trinajstić information content (AvgIpc) is 2.41. The number of nitrogens with one attached hydrogen (secondary N) is 1. The fraction of sp³-hybridized carbons (Fsp3) is 0.167. The lowest BCUT2D eigenvalue weighted by Gasteiger charge is -2.08. The van der Waals surface area contributed by atoms with Crippen molar-refractivity contribution < 1.29 is 17.5 Å². The van der Waals surface area contributed by atoms with E-state index in [0.29, 0.717) is 0 Å². The summed E-state index contributed by atoms with van der Waals surface area (Å²) in [5.41, 5.74) is 0.275. The number of sulfonamides is 1. The molecule has 0 saturated heterocycles. The van der Waals surface area contributed by atoms with E-state index in [4.69, 9.17) is 4.74 Å². The monoisotopic (exact) mass is 297 g/mol. The molecule has 1 aromatic carbocycles. The van der Waals surface area contributed by atoms with E-state index in [9.17, 15) is 12.8 Å². The van der Waals surface area contributed by atoms with Crippen molar-refractivity contribution >= 4 is 15.7 Å². The average molecular weight is 297 g/mol. The van der Waals surface area contributed by atoms with E-state index in [2.05, 4.69) is 14.7 Å². The Morgan fingerprint density at radius 2 is 1.90 bits per heavy atom. The number of aromatic nitrogens is 2. The van der Waals surface area contributed by atoms with Crippen LogP contribution in [0.4, 0.5) is 10.1 Å². The van der Waals surface area contributed by atoms with Crippen LogP contribution in [0.15, 0.2) is 36.7 Å². The first-order chi connectivity index (χ1) is 9.50. The predicted molar refractivity (Wildman–Crippen MR) is 71.2 cm³/mol. The van der Waals surface area contributed by atoms with Gasteiger partial charge in [-0.1, -0.05) is 18.2 Å². The first kappa shape index (κ1) is 14.2. The Balaban J connectivity index is 2.13. The second kappa shape index (κ2) is 5.83. The molecule has 0 amide bonds. The van der Waals surface area contributed by atoms with Gasteiger partial charge in [0.05, 0.1) is 30.9 Å². The first-order valence-electron chi connectivity index (χ1n) is 5.60. The molecule has 20 heavy (non-hydrogen) atoms. The van der Waals surface area contributed by atoms with Crippen molar-refractivity contribution in [2.45, 2.75) is 5.75 Å². The lowest BCUT2D eigenvalue weighted by molar-refractivity contribution is 0.380. The fourth-order valence-corrected chi connectivity index (χ4v) is 2.69. The van der Waals surface area contributed by atoms with Crippen LogP contribution in [0.1, 0.15) is 5.56 Å². The standard InChI is InChI=1S/C12H12FN3O3S/c1-19-12-14-6-10(7-15-12)16-20(17,18)8-9-4-2-3-5-11(9)13/h2-7,16H,8H2,1H3. The number of ether oxygens (including phenoxy) is 1. The van der Waals surface area contributed by atoms with Gasteiger partial charge in [0.25, 0.3) is 0 Å². The number of nitrogens with zero attached hydrogens (tertiary/aromatic N) is 2. The Morgan fingerprint density at radius 1 is 1.25 bits per heavy atom. The molecular formula is C12H12FN3O3S. The molecule has 0 radical (unpaired) electrons. The molecule has 1 N–H and O–H groups in total. The Kier molecular flexibility index (Phi) is 4.14. The summed E-state index contributed by atoms with van der Waals surface area (Å²) in [6, 6.07) is 5.82. The molecule has 0 spiro atoms. The fourth-order valence-electron chi connectivity index (χ4n) is 1.51. The topological polar surface area (TPSA) is 81.2 Å². The molecule has 2 aromatic rings. The van der Waals surface area contributed by atoms with Crippen molar-refractivity contribution in [1.82, 2.24) is 9.97 Å². The molecule has 0 fully saturated rings. The van der Waals surface area contributed by atoms with E-state index in [1.807, 2.05) is 0 Å². The van der Waals surface area contributed by atoms with Crippen LogP contribution in [0.25, 0.3) is 0 Å². The maximum atomic E-state index is 13.4. The van der Waals surface area contributed by atoms with Gasteiger partial charge >= 0.3 is 6.01 Å². The highest BCUT2D eigenvalue weighted by Crippen LogP contribution is 2.14. The molecule has 0 saturated carbocycles. The van der Waals surface area contributed by atoms with Gasteiger partial charge in [0, 0.05) is 5.56 Å². The van der Waals surface area contributed by atoms with E-state index in [0.717, 1.165) is 0 Å². The molecule has 106 valence electrons. The minimum absolute atomic E-state index is 0.0921. The number of methoxy groups -OCH3 is 1. The number of hydrogen-bond acceptors (Lipinski definition) is 5. The van der Waals surface area contributed by atoms with Gasteiger partial charge in [-0.15, -0.1) is 0 Å². The smallest absolute Gasteiger partial charge is 0.316 e. The summed E-state index contributed by atoms with van der Waals surface area (Å²) in [5, 5.41) is 0. The minimum Gasteiger partial charge on any atom is -0.467 e. The molecule has 0 aliphatic carbocycles. The summed E-state index contributed by atoms with van der Waals surface area (Å²) >= 11 is 0. The molecule has 0 atom stereocenters. The summed E-state index contributed by atoms with van der Waals surface area (Å²) in [4.78, 5) is 7.54. The van der Waals surface area contributed by atoms with E-state index >= 15 is 0 Å². The SMILES string of the molecule is COc1ncc(NS(=O)(=O)Cc2ccccc2F)cn1. The summed E-state index contributed by atoms with van der Waals surface area (Å²) in [6.45, 7) is 0. The Morgan fingerprint density at radius 3 is 2.50 bits per heavy atom. The molecule has 6 nitrogen and oxygen atoms in total. The summed E-state index contributed by atoms with van der Waals surface area (Å²) < 4.78 is 44.3. The van der Waals surface area contributed by atoms with E-state index < -0.39 is 21.6 Å². The zero-order valence-electron chi connectivity index (χ0n) is 10.6. The molecule has 0 bridgehead atoms. The van der Waals surface area contributed by atoms with Crippen LogP contribution in [0.2, 0.25) is 0 Å². The number of halogens is 1. The van der Waals surface area contributed by atoms with Gasteiger partial charge < -0.3 is 4.74 Å². The Hall–Kier alpha value is -2.22. The Bertz CT molecular complexity index is 689. The van der Waals surface area contributed by atoms with Crippen molar-refractivity contribution in [1.29, 1.82) is 0 Å². The van der Waals surface area contributed by atoms with Gasteiger partial charge in [-0.3, -0.25) is 4.72 Å². The first-order valence-corrected chi connectivity index (χ1v) is 7.25. The molecular weight excluding hydrogens is 285 g/mol. The zero-order chi connectivity index (χ0) is 14.6. The maximum Gasteiger partial charge on any atom is 0.316 e. The number of rotatable bonds is 5. The molecule has 0 aliphatic rings. The van der Waals surface area contributed by atoms with Crippen molar-refractivity contribution in [2.75, 3.05) is 11.8 Å². The number of benzene rings is 1. The van der Waals surface area contributed by atoms with Crippen LogP contribution in [-0.2, 0) is 15.8 Å². The van der Waals surface area contributed by atoms with Crippen molar-refractivity contribution in [2.24, 2.45) is 0 Å². The van der Waals surface area contributed by atoms with Crippen LogP contribution < -0.4 is 9.46 Å². The van der Waals surface area contributed by atoms with Crippen LogP contribution in [0.3, 0.4) is 0 Å². The summed E-state index contributed by atoms with van der Waals surface area (Å²) in [5.74, 6) is -1.03. The van der Waals surface area contributed by atoms with Gasteiger partial charge in [0.2, 0.25) is 10.0 Å². The van der Waals surface area contributed by atoms with Crippen molar-refractivity contribution in [3.63, 3.8) is 0 Å². The maximum absolute atomic E-state index is 13.4. The predicted octanol–water partition coefficient (Wildman–Crippen LogP) is 1.57. The van der Waals surface area contributed by atoms with Gasteiger partial charge in [0.15, 0.2) is 0 Å². The zero-order valence-corrected chi connectivity index (χ0v) is 11.4. The lowest BCUT2D eigenvalue weighted by Crippen LogP contribution is -2.16. The highest BCUT2D eigenvalue weighted by molar-refractivity contribution is 7.91. The van der Waals surface area contributed by atoms with Gasteiger partial charge in [-0.25, -0.2) is 22.8 Å². The Labute approximate surface area is 115 Å². The second-order valence-electron chi connectivity index (χ2n) is 3.91. The van der Waals surface area contributed by atoms with Crippen LogP contribution in [0.5, 0.6) is 6.01 Å². The molecule has 0 aliphatic heterocycles. The van der Waals surface area contributed by atoms with Gasteiger partial charge in [-0.05, 0) is 6.07 Å². The molecule has 8 heteroatoms. The highest BCUT2D eigenvalue weighted by Gasteiger charge is 2.15. The molecule has 1 heterocycles. The van der Waals surface area contributed by atoms with Crippen LogP contribution >= 0.6 is 0 Å². The lowest BCUT2D eigenvalue weighted by atomic mass is 10.2. The normalized spacial score (nSPS) is 11.1. The van der Waals surface area contributed by atoms with E-state index in [1.54, 1.807) is 6.07 Å². The van der Waals surface area contributed by atoms with E-state index in [-0.39, 0.29) is 17.3 Å². The van der Waals surface area contributed by atoms with E-state index in [1.165, 1.54) is 37.7 Å². The number of anilines is 1. The van der Waals surface area contributed by atoms with Gasteiger partial charge in [-0.2, -0.15) is 0 Å². The van der Waals surface area contributed by atoms with Crippen LogP contribution in [-0.4, -0.2) is 25.5 Å². The molecule has 1 aromatic heterocycles. The quantitative estimate of drug-likeness (QED) is 0.906. The summed E-state index contributed by atoms with van der Waals surface area (Å²) in [7, 11) is -2.34. The third kappa shape index (κ3) is 3.64. The summed E-state index contributed by atoms with van der Waals surface area (Å²) in [6.07, 6.45) is 2.54. The molecule has 2 rings (SSSR count). The largest absolute Gasteiger partial charge is 0.467 e. The van der Waals surface area contributed by atoms with Gasteiger partial charge in [0.1, 0.15) is 5.82 Å².